The summed E-state index contributed by atoms with van der Waals surface area (Å²) in [6, 6.07) is 6.23. The molecule has 3 atom stereocenters. The van der Waals surface area contributed by atoms with Gasteiger partial charge in [0.1, 0.15) is 0 Å². The number of imide groups is 1. The van der Waals surface area contributed by atoms with Crippen LogP contribution < -0.4 is 5.32 Å². The highest BCUT2D eigenvalue weighted by molar-refractivity contribution is 5.96. The summed E-state index contributed by atoms with van der Waals surface area (Å²) < 4.78 is 5.00. The normalized spacial score (nSPS) is 21.5. The third kappa shape index (κ3) is 4.73. The number of carbonyl (C=O) groups is 3. The predicted molar refractivity (Wildman–Crippen MR) is 130 cm³/mol. The van der Waals surface area contributed by atoms with Gasteiger partial charge in [0.25, 0.3) is 0 Å². The average Bonchev–Trinajstić information content (AvgIpc) is 3.23. The van der Waals surface area contributed by atoms with Crippen molar-refractivity contribution in [1.82, 2.24) is 20.1 Å². The topological polar surface area (TPSA) is 94.7 Å². The molecule has 0 bridgehead atoms. The van der Waals surface area contributed by atoms with Gasteiger partial charge in [0, 0.05) is 62.2 Å². The number of fused-ring (bicyclic) bond motifs is 2. The van der Waals surface area contributed by atoms with Gasteiger partial charge in [-0.2, -0.15) is 0 Å². The Morgan fingerprint density at radius 3 is 2.91 bits per heavy atom. The fourth-order valence-electron chi connectivity index (χ4n) is 5.57. The summed E-state index contributed by atoms with van der Waals surface area (Å²) in [5.74, 6) is -0.654. The molecule has 182 valence electrons. The predicted octanol–water partition coefficient (Wildman–Crippen LogP) is 3.20. The van der Waals surface area contributed by atoms with Crippen LogP contribution >= 0.6 is 0 Å². The number of rotatable bonds is 8. The molecule has 0 saturated carbocycles. The van der Waals surface area contributed by atoms with E-state index in [0.29, 0.717) is 32.5 Å². The lowest BCUT2D eigenvalue weighted by atomic mass is 9.72. The minimum Gasteiger partial charge on any atom is -0.466 e. The van der Waals surface area contributed by atoms with Crippen LogP contribution in [0.25, 0.3) is 10.9 Å². The van der Waals surface area contributed by atoms with E-state index in [4.69, 9.17) is 4.74 Å². The third-order valence-corrected chi connectivity index (χ3v) is 6.96. The zero-order valence-electron chi connectivity index (χ0n) is 20.0. The maximum atomic E-state index is 13.7. The third-order valence-electron chi connectivity index (χ3n) is 6.96. The molecule has 1 aliphatic carbocycles. The van der Waals surface area contributed by atoms with Crippen LogP contribution in [-0.4, -0.2) is 71.5 Å². The molecule has 1 aromatic carbocycles. The molecule has 0 spiro atoms. The number of likely N-dealkylation sites (tertiary alicyclic amines) is 1. The number of amides is 3. The lowest BCUT2D eigenvalue weighted by Crippen LogP contribution is -2.55. The van der Waals surface area contributed by atoms with Crippen molar-refractivity contribution < 1.29 is 19.1 Å². The van der Waals surface area contributed by atoms with E-state index in [2.05, 4.69) is 46.2 Å². The first-order chi connectivity index (χ1) is 16.4. The second-order valence-electron chi connectivity index (χ2n) is 9.16. The van der Waals surface area contributed by atoms with Crippen LogP contribution in [0.2, 0.25) is 0 Å². The van der Waals surface area contributed by atoms with Gasteiger partial charge in [-0.25, -0.2) is 4.79 Å². The van der Waals surface area contributed by atoms with Crippen LogP contribution in [0.1, 0.15) is 43.7 Å². The van der Waals surface area contributed by atoms with Gasteiger partial charge in [-0.15, -0.1) is 6.58 Å². The van der Waals surface area contributed by atoms with Gasteiger partial charge >= 0.3 is 12.0 Å². The Labute approximate surface area is 200 Å². The van der Waals surface area contributed by atoms with Crippen molar-refractivity contribution in [3.05, 3.63) is 48.2 Å². The van der Waals surface area contributed by atoms with Crippen molar-refractivity contribution in [3.8, 4) is 0 Å². The number of carbonyl (C=O) groups excluding carboxylic acids is 3. The molecule has 1 saturated heterocycles. The van der Waals surface area contributed by atoms with Crippen molar-refractivity contribution in [3.63, 3.8) is 0 Å². The maximum Gasteiger partial charge on any atom is 0.324 e. The summed E-state index contributed by atoms with van der Waals surface area (Å²) in [6.45, 7) is 9.20. The number of piperidine rings is 1. The number of H-pyrrole nitrogens is 1. The van der Waals surface area contributed by atoms with Gasteiger partial charge in [0.05, 0.1) is 12.5 Å². The summed E-state index contributed by atoms with van der Waals surface area (Å²) in [4.78, 5) is 44.6. The number of nitrogens with zero attached hydrogens (tertiary/aromatic N) is 2. The molecule has 3 amide bonds. The minimum atomic E-state index is -0.397. The molecule has 3 unspecified atom stereocenters. The zero-order chi connectivity index (χ0) is 24.2. The highest BCUT2D eigenvalue weighted by Crippen LogP contribution is 2.45. The van der Waals surface area contributed by atoms with Crippen LogP contribution in [0.3, 0.4) is 0 Å². The Morgan fingerprint density at radius 2 is 2.18 bits per heavy atom. The number of aromatic nitrogens is 1. The number of hydrogen-bond donors (Lipinski definition) is 2. The Bertz CT molecular complexity index is 1080. The van der Waals surface area contributed by atoms with E-state index in [0.717, 1.165) is 11.9 Å². The van der Waals surface area contributed by atoms with Crippen molar-refractivity contribution in [2.24, 2.45) is 5.92 Å². The van der Waals surface area contributed by atoms with Crippen LogP contribution in [0.15, 0.2) is 37.1 Å². The fourth-order valence-corrected chi connectivity index (χ4v) is 5.57. The Kier molecular flexibility index (Phi) is 7.36. The van der Waals surface area contributed by atoms with Gasteiger partial charge in [-0.3, -0.25) is 19.4 Å². The lowest BCUT2D eigenvalue weighted by molar-refractivity contribution is -0.141. The smallest absolute Gasteiger partial charge is 0.324 e. The van der Waals surface area contributed by atoms with Crippen molar-refractivity contribution in [2.75, 3.05) is 32.8 Å². The molecule has 4 rings (SSSR count). The lowest BCUT2D eigenvalue weighted by Gasteiger charge is -2.47. The number of esters is 1. The number of benzene rings is 1. The second kappa shape index (κ2) is 10.4. The number of ether oxygens (including phenoxy) is 1. The number of urea groups is 1. The van der Waals surface area contributed by atoms with E-state index in [1.54, 1.807) is 0 Å². The van der Waals surface area contributed by atoms with E-state index in [1.165, 1.54) is 28.3 Å². The number of hydrogen-bond acceptors (Lipinski definition) is 5. The second-order valence-corrected chi connectivity index (χ2v) is 9.16. The summed E-state index contributed by atoms with van der Waals surface area (Å²) in [7, 11) is 0. The first-order valence-corrected chi connectivity index (χ1v) is 12.1. The molecule has 2 heterocycles. The molecule has 2 aliphatic rings. The summed E-state index contributed by atoms with van der Waals surface area (Å²) in [5.41, 5.74) is 3.72. The molecular weight excluding hydrogens is 432 g/mol. The average molecular weight is 467 g/mol. The van der Waals surface area contributed by atoms with E-state index >= 15 is 0 Å². The first kappa shape index (κ1) is 24.0. The zero-order valence-corrected chi connectivity index (χ0v) is 20.0. The van der Waals surface area contributed by atoms with Crippen molar-refractivity contribution in [2.45, 2.75) is 45.1 Å². The quantitative estimate of drug-likeness (QED) is 0.354. The monoisotopic (exact) mass is 466 g/mol. The van der Waals surface area contributed by atoms with Crippen LogP contribution in [0, 0.1) is 5.92 Å². The SMILES string of the molecule is C=CCN1CC(C(=O)N(CCCOC(C)=O)C(=O)NCC)CC2c3cccc4[nH]cc(c34)CC21. The minimum absolute atomic E-state index is 0.173. The molecule has 1 aromatic heterocycles. The Hall–Kier alpha value is -3.13. The standard InChI is InChI=1S/C26H34N4O4/c1-4-10-29-16-19(25(32)30(26(33)27-5-2)11-7-12-34-17(3)31)13-21-20-8-6-9-22-24(20)18(15-28-22)14-23(21)29/h4,6,8-9,15,19,21,23,28H,1,5,7,10-14,16H2,2-3H3,(H,27,33). The molecule has 1 fully saturated rings. The molecule has 2 N–H and O–H groups in total. The molecule has 1 aliphatic heterocycles. The van der Waals surface area contributed by atoms with Crippen molar-refractivity contribution >= 4 is 28.8 Å². The first-order valence-electron chi connectivity index (χ1n) is 12.1. The van der Waals surface area contributed by atoms with Crippen molar-refractivity contribution in [1.29, 1.82) is 0 Å². The molecule has 8 nitrogen and oxygen atoms in total. The highest BCUT2D eigenvalue weighted by atomic mass is 16.5. The summed E-state index contributed by atoms with van der Waals surface area (Å²) >= 11 is 0. The van der Waals surface area contributed by atoms with E-state index in [1.807, 2.05) is 13.0 Å². The molecule has 0 radical (unpaired) electrons. The van der Waals surface area contributed by atoms with Crippen LogP contribution in [0.5, 0.6) is 0 Å². The fraction of sp³-hybridized carbons (Fsp3) is 0.500. The summed E-state index contributed by atoms with van der Waals surface area (Å²) in [5, 5.41) is 4.03. The van der Waals surface area contributed by atoms with E-state index in [9.17, 15) is 14.4 Å². The Morgan fingerprint density at radius 1 is 1.35 bits per heavy atom. The van der Waals surface area contributed by atoms with E-state index in [-0.39, 0.29) is 42.9 Å². The van der Waals surface area contributed by atoms with E-state index < -0.39 is 6.03 Å². The molecule has 34 heavy (non-hydrogen) atoms. The Balaban J connectivity index is 1.59. The van der Waals surface area contributed by atoms with Gasteiger partial charge in [0.15, 0.2) is 0 Å². The van der Waals surface area contributed by atoms with Crippen LogP contribution in [-0.2, 0) is 20.7 Å². The largest absolute Gasteiger partial charge is 0.466 e. The molecular formula is C26H34N4O4. The number of nitrogens with one attached hydrogen (secondary N) is 2. The molecule has 8 heteroatoms. The van der Waals surface area contributed by atoms with Gasteiger partial charge in [0.2, 0.25) is 5.91 Å². The summed E-state index contributed by atoms with van der Waals surface area (Å²) in [6.07, 6.45) is 6.02. The van der Waals surface area contributed by atoms with Crippen LogP contribution in [0.4, 0.5) is 4.79 Å². The maximum absolute atomic E-state index is 13.7. The molecule has 2 aromatic rings. The van der Waals surface area contributed by atoms with Gasteiger partial charge in [-0.05, 0) is 43.4 Å². The number of aromatic amines is 1. The van der Waals surface area contributed by atoms with Gasteiger partial charge in [-0.1, -0.05) is 18.2 Å². The highest BCUT2D eigenvalue weighted by Gasteiger charge is 2.43. The van der Waals surface area contributed by atoms with Gasteiger partial charge < -0.3 is 15.0 Å².